The van der Waals surface area contributed by atoms with Crippen molar-refractivity contribution in [1.29, 1.82) is 0 Å². The molecule has 0 bridgehead atoms. The SMILES string of the molecule is CNCCCN1C(=O)CS[C@@H]1c1cccc(C(F)(F)F)c1. The van der Waals surface area contributed by atoms with E-state index >= 15 is 0 Å². The Morgan fingerprint density at radius 2 is 2.19 bits per heavy atom. The number of halogens is 3. The van der Waals surface area contributed by atoms with Crippen LogP contribution in [0.4, 0.5) is 13.2 Å². The third-order valence-electron chi connectivity index (χ3n) is 3.29. The first-order valence-corrected chi connectivity index (χ1v) is 7.71. The van der Waals surface area contributed by atoms with E-state index < -0.39 is 11.7 Å². The molecule has 1 aromatic carbocycles. The van der Waals surface area contributed by atoms with Gasteiger partial charge in [0, 0.05) is 6.54 Å². The minimum atomic E-state index is -4.36. The molecule has 0 spiro atoms. The summed E-state index contributed by atoms with van der Waals surface area (Å²) in [4.78, 5) is 13.6. The van der Waals surface area contributed by atoms with Gasteiger partial charge in [0.15, 0.2) is 0 Å². The van der Waals surface area contributed by atoms with Gasteiger partial charge in [-0.1, -0.05) is 12.1 Å². The fraction of sp³-hybridized carbons (Fsp3) is 0.500. The second-order valence-corrected chi connectivity index (χ2v) is 5.90. The van der Waals surface area contributed by atoms with Crippen LogP contribution in [0.3, 0.4) is 0 Å². The van der Waals surface area contributed by atoms with Crippen LogP contribution in [0.15, 0.2) is 24.3 Å². The predicted octanol–water partition coefficient (Wildman–Crippen LogP) is 2.89. The Balaban J connectivity index is 2.17. The number of rotatable bonds is 5. The van der Waals surface area contributed by atoms with Crippen LogP contribution in [0.2, 0.25) is 0 Å². The van der Waals surface area contributed by atoms with Crippen molar-refractivity contribution in [3.05, 3.63) is 35.4 Å². The summed E-state index contributed by atoms with van der Waals surface area (Å²) in [5.41, 5.74) is -0.139. The van der Waals surface area contributed by atoms with Crippen LogP contribution >= 0.6 is 11.8 Å². The van der Waals surface area contributed by atoms with Crippen molar-refractivity contribution in [2.75, 3.05) is 25.9 Å². The quantitative estimate of drug-likeness (QED) is 0.847. The molecule has 3 nitrogen and oxygen atoms in total. The largest absolute Gasteiger partial charge is 0.416 e. The maximum atomic E-state index is 12.8. The number of hydrogen-bond donors (Lipinski definition) is 1. The van der Waals surface area contributed by atoms with Gasteiger partial charge in [-0.25, -0.2) is 0 Å². The van der Waals surface area contributed by atoms with Gasteiger partial charge >= 0.3 is 6.18 Å². The van der Waals surface area contributed by atoms with Crippen molar-refractivity contribution < 1.29 is 18.0 Å². The lowest BCUT2D eigenvalue weighted by atomic mass is 10.1. The van der Waals surface area contributed by atoms with Crippen LogP contribution in [-0.2, 0) is 11.0 Å². The Bertz CT molecular complexity index is 507. The first-order chi connectivity index (χ1) is 9.93. The molecule has 1 N–H and O–H groups in total. The maximum absolute atomic E-state index is 12.8. The minimum Gasteiger partial charge on any atom is -0.326 e. The Morgan fingerprint density at radius 1 is 1.43 bits per heavy atom. The number of amides is 1. The van der Waals surface area contributed by atoms with Crippen molar-refractivity contribution in [2.45, 2.75) is 18.0 Å². The third kappa shape index (κ3) is 3.91. The van der Waals surface area contributed by atoms with Crippen LogP contribution in [0.25, 0.3) is 0 Å². The first kappa shape index (κ1) is 16.2. The van der Waals surface area contributed by atoms with Crippen LogP contribution in [-0.4, -0.2) is 36.7 Å². The number of nitrogens with one attached hydrogen (secondary N) is 1. The summed E-state index contributed by atoms with van der Waals surface area (Å²) in [5.74, 6) is 0.305. The lowest BCUT2D eigenvalue weighted by molar-refractivity contribution is -0.137. The topological polar surface area (TPSA) is 32.3 Å². The van der Waals surface area contributed by atoms with E-state index in [0.29, 0.717) is 17.9 Å². The molecule has 1 fully saturated rings. The molecule has 1 aromatic rings. The molecule has 1 heterocycles. The van der Waals surface area contributed by atoms with Gasteiger partial charge in [0.25, 0.3) is 0 Å². The minimum absolute atomic E-state index is 0.0153. The molecular weight excluding hydrogens is 301 g/mol. The molecule has 116 valence electrons. The molecule has 0 aliphatic carbocycles. The monoisotopic (exact) mass is 318 g/mol. The van der Waals surface area contributed by atoms with Crippen LogP contribution in [0.1, 0.15) is 22.9 Å². The van der Waals surface area contributed by atoms with Crippen LogP contribution in [0, 0.1) is 0 Å². The van der Waals surface area contributed by atoms with E-state index in [1.54, 1.807) is 11.0 Å². The summed E-state index contributed by atoms with van der Waals surface area (Å²) in [6.45, 7) is 1.32. The van der Waals surface area contributed by atoms with E-state index in [4.69, 9.17) is 0 Å². The van der Waals surface area contributed by atoms with Crippen molar-refractivity contribution in [3.63, 3.8) is 0 Å². The summed E-state index contributed by atoms with van der Waals surface area (Å²) in [6.07, 6.45) is -3.58. The van der Waals surface area contributed by atoms with Gasteiger partial charge in [0.05, 0.1) is 11.3 Å². The molecule has 2 rings (SSSR count). The fourth-order valence-electron chi connectivity index (χ4n) is 2.27. The molecule has 7 heteroatoms. The van der Waals surface area contributed by atoms with Gasteiger partial charge < -0.3 is 10.2 Å². The maximum Gasteiger partial charge on any atom is 0.416 e. The van der Waals surface area contributed by atoms with E-state index in [9.17, 15) is 18.0 Å². The molecule has 21 heavy (non-hydrogen) atoms. The molecule has 1 aliphatic rings. The molecule has 1 saturated heterocycles. The summed E-state index contributed by atoms with van der Waals surface area (Å²) in [5, 5.41) is 2.67. The second-order valence-electron chi connectivity index (χ2n) is 4.83. The first-order valence-electron chi connectivity index (χ1n) is 6.66. The summed E-state index contributed by atoms with van der Waals surface area (Å²) < 4.78 is 38.3. The van der Waals surface area contributed by atoms with Crippen LogP contribution < -0.4 is 5.32 Å². The molecule has 0 radical (unpaired) electrons. The van der Waals surface area contributed by atoms with E-state index in [0.717, 1.165) is 25.1 Å². The average molecular weight is 318 g/mol. The summed E-state index contributed by atoms with van der Waals surface area (Å²) in [7, 11) is 1.82. The zero-order chi connectivity index (χ0) is 15.5. The van der Waals surface area contributed by atoms with Crippen molar-refractivity contribution in [3.8, 4) is 0 Å². The molecular formula is C14H17F3N2OS. The summed E-state index contributed by atoms with van der Waals surface area (Å²) >= 11 is 1.38. The number of carbonyl (C=O) groups excluding carboxylic acids is 1. The molecule has 1 atom stereocenters. The average Bonchev–Trinajstić information content (AvgIpc) is 2.80. The Morgan fingerprint density at radius 3 is 2.86 bits per heavy atom. The Labute approximate surface area is 125 Å². The zero-order valence-electron chi connectivity index (χ0n) is 11.6. The number of thioether (sulfide) groups is 1. The second kappa shape index (κ2) is 6.70. The summed E-state index contributed by atoms with van der Waals surface area (Å²) in [6, 6.07) is 5.24. The van der Waals surface area contributed by atoms with Gasteiger partial charge in [-0.05, 0) is 37.7 Å². The van der Waals surface area contributed by atoms with Gasteiger partial charge in [-0.2, -0.15) is 13.2 Å². The van der Waals surface area contributed by atoms with Gasteiger partial charge in [-0.15, -0.1) is 11.8 Å². The molecule has 0 aromatic heterocycles. The number of alkyl halides is 3. The number of carbonyl (C=O) groups is 1. The number of benzene rings is 1. The highest BCUT2D eigenvalue weighted by Crippen LogP contribution is 2.40. The highest BCUT2D eigenvalue weighted by Gasteiger charge is 2.35. The van der Waals surface area contributed by atoms with Gasteiger partial charge in [-0.3, -0.25) is 4.79 Å². The lowest BCUT2D eigenvalue weighted by Crippen LogP contribution is -2.30. The Kier molecular flexibility index (Phi) is 5.16. The molecule has 0 saturated carbocycles. The molecule has 1 amide bonds. The standard InChI is InChI=1S/C14H17F3N2OS/c1-18-6-3-7-19-12(20)9-21-13(19)10-4-2-5-11(8-10)14(15,16)17/h2,4-5,8,13,18H,3,6-7,9H2,1H3/t13-/m1/s1. The predicted molar refractivity (Wildman–Crippen MR) is 76.9 cm³/mol. The fourth-order valence-corrected chi connectivity index (χ4v) is 3.48. The smallest absolute Gasteiger partial charge is 0.326 e. The molecule has 0 unspecified atom stereocenters. The normalized spacial score (nSPS) is 19.3. The van der Waals surface area contributed by atoms with Crippen molar-refractivity contribution >= 4 is 17.7 Å². The van der Waals surface area contributed by atoms with Crippen molar-refractivity contribution in [1.82, 2.24) is 10.2 Å². The van der Waals surface area contributed by atoms with E-state index in [1.165, 1.54) is 17.8 Å². The van der Waals surface area contributed by atoms with Gasteiger partial charge in [0.1, 0.15) is 5.37 Å². The number of hydrogen-bond acceptors (Lipinski definition) is 3. The molecule has 1 aliphatic heterocycles. The van der Waals surface area contributed by atoms with E-state index in [1.807, 2.05) is 7.05 Å². The van der Waals surface area contributed by atoms with Crippen molar-refractivity contribution in [2.24, 2.45) is 0 Å². The van der Waals surface area contributed by atoms with E-state index in [-0.39, 0.29) is 11.3 Å². The van der Waals surface area contributed by atoms with Crippen LogP contribution in [0.5, 0.6) is 0 Å². The number of nitrogens with zero attached hydrogens (tertiary/aromatic N) is 1. The Hall–Kier alpha value is -1.21. The lowest BCUT2D eigenvalue weighted by Gasteiger charge is -2.24. The highest BCUT2D eigenvalue weighted by molar-refractivity contribution is 8.00. The zero-order valence-corrected chi connectivity index (χ0v) is 12.4. The van der Waals surface area contributed by atoms with E-state index in [2.05, 4.69) is 5.32 Å². The highest BCUT2D eigenvalue weighted by atomic mass is 32.2. The third-order valence-corrected chi connectivity index (χ3v) is 4.55. The van der Waals surface area contributed by atoms with Gasteiger partial charge in [0.2, 0.25) is 5.91 Å².